The fraction of sp³-hybridized carbons (Fsp3) is 0.667. The van der Waals surface area contributed by atoms with Crippen LogP contribution in [-0.2, 0) is 0 Å². The molecule has 1 aromatic carbocycles. The molecule has 20 heavy (non-hydrogen) atoms. The lowest BCUT2D eigenvalue weighted by Gasteiger charge is -2.35. The van der Waals surface area contributed by atoms with Crippen molar-refractivity contribution in [2.75, 3.05) is 6.54 Å². The number of nitrogens with two attached hydrogens (primary N) is 1. The Hall–Kier alpha value is -1.02. The average Bonchev–Trinajstić information content (AvgIpc) is 2.38. The maximum Gasteiger partial charge on any atom is 0.120 e. The van der Waals surface area contributed by atoms with Gasteiger partial charge in [0.25, 0.3) is 0 Å². The summed E-state index contributed by atoms with van der Waals surface area (Å²) in [4.78, 5) is 0. The number of ether oxygens (including phenoxy) is 1. The highest BCUT2D eigenvalue weighted by atomic mass is 16.5. The van der Waals surface area contributed by atoms with E-state index in [0.717, 1.165) is 18.2 Å². The third-order valence-electron chi connectivity index (χ3n) is 4.52. The minimum absolute atomic E-state index is 0.298. The van der Waals surface area contributed by atoms with E-state index >= 15 is 0 Å². The van der Waals surface area contributed by atoms with Gasteiger partial charge in [-0.2, -0.15) is 0 Å². The van der Waals surface area contributed by atoms with Crippen LogP contribution in [0.5, 0.6) is 5.75 Å². The molecule has 1 fully saturated rings. The number of benzene rings is 1. The van der Waals surface area contributed by atoms with Crippen molar-refractivity contribution in [2.45, 2.75) is 59.0 Å². The number of aryl methyl sites for hydroxylation is 2. The summed E-state index contributed by atoms with van der Waals surface area (Å²) in [6, 6.07) is 6.47. The number of rotatable bonds is 5. The van der Waals surface area contributed by atoms with Crippen molar-refractivity contribution in [1.82, 2.24) is 0 Å². The summed E-state index contributed by atoms with van der Waals surface area (Å²) in [6.07, 6.45) is 6.60. The zero-order valence-corrected chi connectivity index (χ0v) is 13.2. The molecule has 0 bridgehead atoms. The van der Waals surface area contributed by atoms with Gasteiger partial charge in [0.05, 0.1) is 0 Å². The first-order chi connectivity index (χ1) is 9.62. The lowest BCUT2D eigenvalue weighted by Crippen LogP contribution is -2.38. The monoisotopic (exact) mass is 275 g/mol. The van der Waals surface area contributed by atoms with Crippen molar-refractivity contribution in [1.29, 1.82) is 0 Å². The lowest BCUT2D eigenvalue weighted by atomic mass is 9.78. The maximum absolute atomic E-state index is 6.32. The van der Waals surface area contributed by atoms with Crippen LogP contribution in [0.2, 0.25) is 0 Å². The molecule has 0 heterocycles. The molecule has 1 aromatic rings. The topological polar surface area (TPSA) is 35.2 Å². The normalized spacial score (nSPS) is 26.5. The first kappa shape index (κ1) is 15.4. The Labute approximate surface area is 123 Å². The molecular formula is C18H29NO. The van der Waals surface area contributed by atoms with Gasteiger partial charge in [0.15, 0.2) is 0 Å². The Morgan fingerprint density at radius 2 is 1.85 bits per heavy atom. The molecule has 112 valence electrons. The maximum atomic E-state index is 6.32. The van der Waals surface area contributed by atoms with E-state index in [-0.39, 0.29) is 0 Å². The van der Waals surface area contributed by atoms with Crippen LogP contribution in [0, 0.1) is 25.7 Å². The molecule has 0 amide bonds. The zero-order valence-electron chi connectivity index (χ0n) is 13.2. The highest BCUT2D eigenvalue weighted by Gasteiger charge is 2.30. The van der Waals surface area contributed by atoms with Crippen LogP contribution in [0.25, 0.3) is 0 Å². The first-order valence-electron chi connectivity index (χ1n) is 8.07. The molecule has 2 N–H and O–H groups in total. The van der Waals surface area contributed by atoms with Crippen LogP contribution in [0.3, 0.4) is 0 Å². The quantitative estimate of drug-likeness (QED) is 0.873. The van der Waals surface area contributed by atoms with Gasteiger partial charge in [-0.15, -0.1) is 0 Å². The third kappa shape index (κ3) is 3.99. The van der Waals surface area contributed by atoms with Crippen molar-refractivity contribution >= 4 is 0 Å². The summed E-state index contributed by atoms with van der Waals surface area (Å²) in [6.45, 7) is 7.27. The highest BCUT2D eigenvalue weighted by Crippen LogP contribution is 2.34. The summed E-state index contributed by atoms with van der Waals surface area (Å²) >= 11 is 0. The Bertz CT molecular complexity index is 409. The first-order valence-corrected chi connectivity index (χ1v) is 8.07. The standard InChI is InChI=1S/C18H29NO/c1-4-5-15-6-7-16(12-19)18(11-15)20-17-9-13(2)8-14(3)10-17/h8-10,15-16,18H,4-7,11-12,19H2,1-3H3. The van der Waals surface area contributed by atoms with Crippen molar-refractivity contribution in [3.63, 3.8) is 0 Å². The van der Waals surface area contributed by atoms with E-state index in [1.165, 1.54) is 43.2 Å². The van der Waals surface area contributed by atoms with E-state index in [0.29, 0.717) is 12.0 Å². The fourth-order valence-electron chi connectivity index (χ4n) is 3.53. The van der Waals surface area contributed by atoms with Crippen LogP contribution >= 0.6 is 0 Å². The number of hydrogen-bond donors (Lipinski definition) is 1. The second-order valence-corrected chi connectivity index (χ2v) is 6.44. The van der Waals surface area contributed by atoms with Crippen LogP contribution in [0.1, 0.15) is 50.2 Å². The van der Waals surface area contributed by atoms with Gasteiger partial charge < -0.3 is 10.5 Å². The Kier molecular flexibility index (Phi) is 5.47. The summed E-state index contributed by atoms with van der Waals surface area (Å²) < 4.78 is 6.32. The summed E-state index contributed by atoms with van der Waals surface area (Å²) in [5, 5.41) is 0. The Morgan fingerprint density at radius 3 is 2.45 bits per heavy atom. The molecule has 0 saturated heterocycles. The van der Waals surface area contributed by atoms with Crippen molar-refractivity contribution < 1.29 is 4.74 Å². The van der Waals surface area contributed by atoms with Crippen molar-refractivity contribution in [3.05, 3.63) is 29.3 Å². The minimum Gasteiger partial charge on any atom is -0.490 e. The van der Waals surface area contributed by atoms with Crippen molar-refractivity contribution in [3.8, 4) is 5.75 Å². The predicted octanol–water partition coefficient (Wildman–Crippen LogP) is 4.23. The molecule has 3 atom stereocenters. The van der Waals surface area contributed by atoms with Crippen LogP contribution in [0.15, 0.2) is 18.2 Å². The van der Waals surface area contributed by atoms with Crippen molar-refractivity contribution in [2.24, 2.45) is 17.6 Å². The van der Waals surface area contributed by atoms with Gasteiger partial charge in [-0.05, 0) is 68.8 Å². The minimum atomic E-state index is 0.298. The molecule has 0 aliphatic heterocycles. The highest BCUT2D eigenvalue weighted by molar-refractivity contribution is 5.33. The second-order valence-electron chi connectivity index (χ2n) is 6.44. The lowest BCUT2D eigenvalue weighted by molar-refractivity contribution is 0.0668. The van der Waals surface area contributed by atoms with Crippen LogP contribution < -0.4 is 10.5 Å². The molecule has 1 aliphatic rings. The van der Waals surface area contributed by atoms with Crippen LogP contribution in [-0.4, -0.2) is 12.6 Å². The molecule has 2 rings (SSSR count). The molecule has 0 aromatic heterocycles. The molecule has 0 spiro atoms. The molecular weight excluding hydrogens is 246 g/mol. The molecule has 3 unspecified atom stereocenters. The van der Waals surface area contributed by atoms with Gasteiger partial charge in [-0.3, -0.25) is 0 Å². The van der Waals surface area contributed by atoms with Gasteiger partial charge in [0.2, 0.25) is 0 Å². The largest absolute Gasteiger partial charge is 0.490 e. The molecule has 2 nitrogen and oxygen atoms in total. The van der Waals surface area contributed by atoms with E-state index < -0.39 is 0 Å². The third-order valence-corrected chi connectivity index (χ3v) is 4.52. The van der Waals surface area contributed by atoms with Crippen LogP contribution in [0.4, 0.5) is 0 Å². The summed E-state index contributed by atoms with van der Waals surface area (Å²) in [5.74, 6) is 2.35. The summed E-state index contributed by atoms with van der Waals surface area (Å²) in [5.41, 5.74) is 8.48. The SMILES string of the molecule is CCCC1CCC(CN)C(Oc2cc(C)cc(C)c2)C1. The van der Waals surface area contributed by atoms with Gasteiger partial charge in [0.1, 0.15) is 11.9 Å². The van der Waals surface area contributed by atoms with E-state index in [1.54, 1.807) is 0 Å². The molecule has 0 radical (unpaired) electrons. The summed E-state index contributed by atoms with van der Waals surface area (Å²) in [7, 11) is 0. The Balaban J connectivity index is 2.06. The fourth-order valence-corrected chi connectivity index (χ4v) is 3.53. The zero-order chi connectivity index (χ0) is 14.5. The van der Waals surface area contributed by atoms with E-state index in [4.69, 9.17) is 10.5 Å². The predicted molar refractivity (Wildman–Crippen MR) is 85.1 cm³/mol. The van der Waals surface area contributed by atoms with E-state index in [9.17, 15) is 0 Å². The smallest absolute Gasteiger partial charge is 0.120 e. The second kappa shape index (κ2) is 7.12. The van der Waals surface area contributed by atoms with Gasteiger partial charge in [-0.25, -0.2) is 0 Å². The average molecular weight is 275 g/mol. The number of hydrogen-bond acceptors (Lipinski definition) is 2. The van der Waals surface area contributed by atoms with Gasteiger partial charge in [-0.1, -0.05) is 25.8 Å². The molecule has 1 saturated carbocycles. The molecule has 2 heteroatoms. The van der Waals surface area contributed by atoms with Gasteiger partial charge in [0, 0.05) is 5.92 Å². The van der Waals surface area contributed by atoms with E-state index in [1.807, 2.05) is 0 Å². The Morgan fingerprint density at radius 1 is 1.15 bits per heavy atom. The van der Waals surface area contributed by atoms with Gasteiger partial charge >= 0.3 is 0 Å². The molecule has 1 aliphatic carbocycles. The van der Waals surface area contributed by atoms with E-state index in [2.05, 4.69) is 39.0 Å².